The Balaban J connectivity index is 2.30. The van der Waals surface area contributed by atoms with Crippen molar-refractivity contribution in [2.24, 2.45) is 7.05 Å². The van der Waals surface area contributed by atoms with Gasteiger partial charge >= 0.3 is 0 Å². The van der Waals surface area contributed by atoms with Gasteiger partial charge in [-0.25, -0.2) is 4.98 Å². The fourth-order valence-corrected chi connectivity index (χ4v) is 2.41. The van der Waals surface area contributed by atoms with Crippen molar-refractivity contribution in [2.45, 2.75) is 6.92 Å². The van der Waals surface area contributed by atoms with Crippen LogP contribution in [0, 0.1) is 6.92 Å². The number of phenols is 1. The first-order valence-corrected chi connectivity index (χ1v) is 6.36. The summed E-state index contributed by atoms with van der Waals surface area (Å²) in [6.45, 7) is 1.99. The van der Waals surface area contributed by atoms with E-state index in [-0.39, 0.29) is 5.75 Å². The third kappa shape index (κ3) is 1.96. The van der Waals surface area contributed by atoms with E-state index in [1.807, 2.05) is 48.9 Å². The fourth-order valence-electron chi connectivity index (χ4n) is 2.24. The van der Waals surface area contributed by atoms with Crippen molar-refractivity contribution in [1.29, 1.82) is 0 Å². The van der Waals surface area contributed by atoms with Gasteiger partial charge in [-0.3, -0.25) is 0 Å². The number of aromatic hydroxyl groups is 1. The summed E-state index contributed by atoms with van der Waals surface area (Å²) < 4.78 is 1.96. The minimum atomic E-state index is 0.232. The summed E-state index contributed by atoms with van der Waals surface area (Å²) in [5, 5.41) is 10.7. The highest BCUT2D eigenvalue weighted by Crippen LogP contribution is 2.31. The van der Waals surface area contributed by atoms with Crippen molar-refractivity contribution >= 4 is 22.6 Å². The Morgan fingerprint density at radius 3 is 2.74 bits per heavy atom. The molecule has 1 N–H and O–H groups in total. The second kappa shape index (κ2) is 4.28. The molecule has 0 saturated heterocycles. The van der Waals surface area contributed by atoms with Crippen LogP contribution in [0.4, 0.5) is 0 Å². The van der Waals surface area contributed by atoms with Gasteiger partial charge in [0.2, 0.25) is 0 Å². The average Bonchev–Trinajstić information content (AvgIpc) is 2.69. The smallest absolute Gasteiger partial charge is 0.144 e. The third-order valence-corrected chi connectivity index (χ3v) is 3.47. The van der Waals surface area contributed by atoms with Crippen molar-refractivity contribution < 1.29 is 5.11 Å². The van der Waals surface area contributed by atoms with Crippen molar-refractivity contribution in [3.8, 4) is 17.1 Å². The molecule has 3 rings (SSSR count). The van der Waals surface area contributed by atoms with Crippen molar-refractivity contribution in [1.82, 2.24) is 9.55 Å². The highest BCUT2D eigenvalue weighted by atomic mass is 35.5. The molecule has 0 saturated carbocycles. The Bertz CT molecular complexity index is 777. The number of imidazole rings is 1. The summed E-state index contributed by atoms with van der Waals surface area (Å²) in [7, 11) is 1.93. The first-order valence-electron chi connectivity index (χ1n) is 5.98. The lowest BCUT2D eigenvalue weighted by Crippen LogP contribution is -1.93. The zero-order valence-electron chi connectivity index (χ0n) is 10.7. The standard InChI is InChI=1S/C15H13ClN2O/c1-9-3-6-14(19)11(7-9)15-17-12-8-10(16)4-5-13(12)18(15)2/h3-8,19H,1-2H3. The van der Waals surface area contributed by atoms with Crippen LogP contribution in [-0.2, 0) is 7.05 Å². The van der Waals surface area contributed by atoms with Gasteiger partial charge in [-0.1, -0.05) is 23.2 Å². The van der Waals surface area contributed by atoms with E-state index >= 15 is 0 Å². The van der Waals surface area contributed by atoms with Gasteiger partial charge in [-0.05, 0) is 37.3 Å². The molecule has 0 fully saturated rings. The van der Waals surface area contributed by atoms with E-state index in [4.69, 9.17) is 11.6 Å². The molecule has 3 aromatic rings. The van der Waals surface area contributed by atoms with E-state index in [2.05, 4.69) is 4.98 Å². The normalized spacial score (nSPS) is 11.1. The van der Waals surface area contributed by atoms with E-state index < -0.39 is 0 Å². The molecule has 1 aromatic heterocycles. The first kappa shape index (κ1) is 12.1. The van der Waals surface area contributed by atoms with Crippen LogP contribution < -0.4 is 0 Å². The summed E-state index contributed by atoms with van der Waals surface area (Å²) in [6, 6.07) is 11.1. The predicted molar refractivity (Wildman–Crippen MR) is 77.6 cm³/mol. The van der Waals surface area contributed by atoms with Gasteiger partial charge in [0, 0.05) is 12.1 Å². The van der Waals surface area contributed by atoms with Crippen molar-refractivity contribution in [2.75, 3.05) is 0 Å². The Morgan fingerprint density at radius 1 is 1.16 bits per heavy atom. The van der Waals surface area contributed by atoms with Gasteiger partial charge < -0.3 is 9.67 Å². The van der Waals surface area contributed by atoms with Crippen LogP contribution in [0.3, 0.4) is 0 Å². The number of benzene rings is 2. The number of rotatable bonds is 1. The number of nitrogens with zero attached hydrogens (tertiary/aromatic N) is 2. The Hall–Kier alpha value is -2.00. The maximum atomic E-state index is 10.0. The third-order valence-electron chi connectivity index (χ3n) is 3.24. The predicted octanol–water partition coefficient (Wildman–Crippen LogP) is 3.91. The van der Waals surface area contributed by atoms with Crippen LogP contribution in [0.15, 0.2) is 36.4 Å². The summed E-state index contributed by atoms with van der Waals surface area (Å²) in [6.07, 6.45) is 0. The fraction of sp³-hybridized carbons (Fsp3) is 0.133. The maximum Gasteiger partial charge on any atom is 0.144 e. The quantitative estimate of drug-likeness (QED) is 0.729. The second-order valence-corrected chi connectivity index (χ2v) is 5.08. The molecule has 0 aliphatic carbocycles. The van der Waals surface area contributed by atoms with Gasteiger partial charge in [0.1, 0.15) is 11.6 Å². The van der Waals surface area contributed by atoms with Crippen LogP contribution in [0.5, 0.6) is 5.75 Å². The van der Waals surface area contributed by atoms with Crippen LogP contribution >= 0.6 is 11.6 Å². The highest BCUT2D eigenvalue weighted by Gasteiger charge is 2.13. The van der Waals surface area contributed by atoms with Gasteiger partial charge in [-0.15, -0.1) is 0 Å². The second-order valence-electron chi connectivity index (χ2n) is 4.65. The summed E-state index contributed by atoms with van der Waals surface area (Å²) in [5.74, 6) is 0.966. The molecule has 4 heteroatoms. The van der Waals surface area contributed by atoms with E-state index in [0.29, 0.717) is 5.02 Å². The molecule has 0 bridgehead atoms. The summed E-state index contributed by atoms with van der Waals surface area (Å²) in [5.41, 5.74) is 3.62. The molecular formula is C15H13ClN2O. The average molecular weight is 273 g/mol. The molecule has 0 amide bonds. The Labute approximate surface area is 116 Å². The number of phenolic OH excluding ortho intramolecular Hbond substituents is 1. The molecule has 0 atom stereocenters. The Morgan fingerprint density at radius 2 is 1.95 bits per heavy atom. The van der Waals surface area contributed by atoms with Gasteiger partial charge in [-0.2, -0.15) is 0 Å². The molecule has 19 heavy (non-hydrogen) atoms. The largest absolute Gasteiger partial charge is 0.507 e. The van der Waals surface area contributed by atoms with Crippen LogP contribution in [-0.4, -0.2) is 14.7 Å². The van der Waals surface area contributed by atoms with Crippen LogP contribution in [0.1, 0.15) is 5.56 Å². The summed E-state index contributed by atoms with van der Waals surface area (Å²) in [4.78, 5) is 4.56. The zero-order chi connectivity index (χ0) is 13.6. The maximum absolute atomic E-state index is 10.0. The van der Waals surface area contributed by atoms with Gasteiger partial charge in [0.05, 0.1) is 16.6 Å². The molecule has 0 radical (unpaired) electrons. The Kier molecular flexibility index (Phi) is 2.72. The number of aromatic nitrogens is 2. The molecule has 0 aliphatic rings. The molecule has 3 nitrogen and oxygen atoms in total. The molecule has 96 valence electrons. The first-order chi connectivity index (χ1) is 9.06. The zero-order valence-corrected chi connectivity index (χ0v) is 11.4. The lowest BCUT2D eigenvalue weighted by atomic mass is 10.1. The van der Waals surface area contributed by atoms with Crippen LogP contribution in [0.2, 0.25) is 5.02 Å². The number of halogens is 1. The van der Waals surface area contributed by atoms with Crippen LogP contribution in [0.25, 0.3) is 22.4 Å². The lowest BCUT2D eigenvalue weighted by molar-refractivity contribution is 0.476. The molecular weight excluding hydrogens is 260 g/mol. The van der Waals surface area contributed by atoms with Gasteiger partial charge in [0.15, 0.2) is 0 Å². The minimum Gasteiger partial charge on any atom is -0.507 e. The molecule has 0 unspecified atom stereocenters. The van der Waals surface area contributed by atoms with E-state index in [0.717, 1.165) is 28.0 Å². The van der Waals surface area contributed by atoms with E-state index in [9.17, 15) is 5.11 Å². The number of hydrogen-bond donors (Lipinski definition) is 1. The van der Waals surface area contributed by atoms with Crippen molar-refractivity contribution in [3.63, 3.8) is 0 Å². The highest BCUT2D eigenvalue weighted by molar-refractivity contribution is 6.31. The molecule has 1 heterocycles. The minimum absolute atomic E-state index is 0.232. The van der Waals surface area contributed by atoms with E-state index in [1.54, 1.807) is 6.07 Å². The summed E-state index contributed by atoms with van der Waals surface area (Å²) >= 11 is 5.98. The number of hydrogen-bond acceptors (Lipinski definition) is 2. The monoisotopic (exact) mass is 272 g/mol. The van der Waals surface area contributed by atoms with Crippen molar-refractivity contribution in [3.05, 3.63) is 47.0 Å². The SMILES string of the molecule is Cc1ccc(O)c(-c2nc3cc(Cl)ccc3n2C)c1. The number of aryl methyl sites for hydroxylation is 2. The number of fused-ring (bicyclic) bond motifs is 1. The lowest BCUT2D eigenvalue weighted by Gasteiger charge is -2.06. The van der Waals surface area contributed by atoms with E-state index in [1.165, 1.54) is 0 Å². The molecule has 0 spiro atoms. The topological polar surface area (TPSA) is 38.1 Å². The molecule has 0 aliphatic heterocycles. The molecule has 2 aromatic carbocycles. The van der Waals surface area contributed by atoms with Gasteiger partial charge in [0.25, 0.3) is 0 Å².